The Labute approximate surface area is 158 Å². The third-order valence-corrected chi connectivity index (χ3v) is 5.14. The van der Waals surface area contributed by atoms with Gasteiger partial charge in [0, 0.05) is 28.9 Å². The van der Waals surface area contributed by atoms with E-state index in [9.17, 15) is 14.7 Å². The molecule has 0 aliphatic heterocycles. The predicted octanol–water partition coefficient (Wildman–Crippen LogP) is 3.58. The van der Waals surface area contributed by atoms with Gasteiger partial charge in [-0.3, -0.25) is 19.1 Å². The first-order valence-electron chi connectivity index (χ1n) is 8.26. The fraction of sp³-hybridized carbons (Fsp3) is 0.100. The standard InChI is InChI=1S/C20H15N3O3S/c1-12-4-6-13(7-5-12)15-11-27-19-17(15)20(26)23(10-16(24)25)18(22-19)14-3-2-8-21-9-14/h2-9,11H,10H2,1H3,(H,24,25). The first-order chi connectivity index (χ1) is 13.0. The van der Waals surface area contributed by atoms with Crippen molar-refractivity contribution in [1.82, 2.24) is 14.5 Å². The van der Waals surface area contributed by atoms with Gasteiger partial charge in [-0.05, 0) is 24.6 Å². The van der Waals surface area contributed by atoms with Crippen LogP contribution in [0.25, 0.3) is 32.7 Å². The van der Waals surface area contributed by atoms with Crippen LogP contribution in [0.3, 0.4) is 0 Å². The lowest BCUT2D eigenvalue weighted by Crippen LogP contribution is -2.26. The van der Waals surface area contributed by atoms with Gasteiger partial charge >= 0.3 is 5.97 Å². The zero-order valence-electron chi connectivity index (χ0n) is 14.4. The maximum absolute atomic E-state index is 13.2. The number of benzene rings is 1. The molecule has 0 saturated heterocycles. The molecule has 0 unspecified atom stereocenters. The van der Waals surface area contributed by atoms with Crippen molar-refractivity contribution in [1.29, 1.82) is 0 Å². The summed E-state index contributed by atoms with van der Waals surface area (Å²) in [5, 5.41) is 11.6. The van der Waals surface area contributed by atoms with Gasteiger partial charge in [0.25, 0.3) is 5.56 Å². The SMILES string of the molecule is Cc1ccc(-c2csc3nc(-c4cccnc4)n(CC(=O)O)c(=O)c23)cc1. The number of carbonyl (C=O) groups is 1. The summed E-state index contributed by atoms with van der Waals surface area (Å²) in [6, 6.07) is 11.3. The summed E-state index contributed by atoms with van der Waals surface area (Å²) in [5.41, 5.74) is 3.03. The summed E-state index contributed by atoms with van der Waals surface area (Å²) in [6.07, 6.45) is 3.18. The van der Waals surface area contributed by atoms with E-state index in [1.165, 1.54) is 15.9 Å². The molecule has 1 aromatic carbocycles. The molecule has 134 valence electrons. The molecule has 7 heteroatoms. The minimum Gasteiger partial charge on any atom is -0.480 e. The van der Waals surface area contributed by atoms with Crippen molar-refractivity contribution in [3.8, 4) is 22.5 Å². The first-order valence-corrected chi connectivity index (χ1v) is 9.14. The highest BCUT2D eigenvalue weighted by atomic mass is 32.1. The van der Waals surface area contributed by atoms with Crippen molar-refractivity contribution in [2.24, 2.45) is 0 Å². The average molecular weight is 377 g/mol. The number of hydrogen-bond acceptors (Lipinski definition) is 5. The average Bonchev–Trinajstić information content (AvgIpc) is 3.09. The minimum atomic E-state index is -1.10. The maximum atomic E-state index is 13.2. The van der Waals surface area contributed by atoms with Gasteiger partial charge < -0.3 is 5.11 Å². The third-order valence-electron chi connectivity index (χ3n) is 4.27. The van der Waals surface area contributed by atoms with E-state index in [1.54, 1.807) is 24.5 Å². The van der Waals surface area contributed by atoms with Crippen molar-refractivity contribution in [3.05, 3.63) is 70.1 Å². The van der Waals surface area contributed by atoms with Crippen LogP contribution in [0.2, 0.25) is 0 Å². The Kier molecular flexibility index (Phi) is 4.29. The van der Waals surface area contributed by atoms with Crippen LogP contribution in [0, 0.1) is 6.92 Å². The van der Waals surface area contributed by atoms with E-state index in [4.69, 9.17) is 0 Å². The Hall–Kier alpha value is -3.32. The highest BCUT2D eigenvalue weighted by molar-refractivity contribution is 7.17. The van der Waals surface area contributed by atoms with Crippen molar-refractivity contribution in [2.75, 3.05) is 0 Å². The number of hydrogen-bond donors (Lipinski definition) is 1. The molecular formula is C20H15N3O3S. The van der Waals surface area contributed by atoms with E-state index in [0.29, 0.717) is 21.6 Å². The molecule has 0 radical (unpaired) electrons. The molecule has 0 aliphatic carbocycles. The fourth-order valence-corrected chi connectivity index (χ4v) is 3.90. The van der Waals surface area contributed by atoms with Crippen molar-refractivity contribution >= 4 is 27.5 Å². The molecule has 0 amide bonds. The number of thiophene rings is 1. The van der Waals surface area contributed by atoms with E-state index in [-0.39, 0.29) is 5.56 Å². The van der Waals surface area contributed by atoms with E-state index in [0.717, 1.165) is 16.7 Å². The number of aryl methyl sites for hydroxylation is 1. The summed E-state index contributed by atoms with van der Waals surface area (Å²) < 4.78 is 1.20. The van der Waals surface area contributed by atoms with Gasteiger partial charge in [-0.15, -0.1) is 11.3 Å². The number of rotatable bonds is 4. The topological polar surface area (TPSA) is 85.1 Å². The highest BCUT2D eigenvalue weighted by Crippen LogP contribution is 2.32. The smallest absolute Gasteiger partial charge is 0.323 e. The van der Waals surface area contributed by atoms with Crippen LogP contribution in [0.15, 0.2) is 59.0 Å². The van der Waals surface area contributed by atoms with Crippen LogP contribution < -0.4 is 5.56 Å². The Morgan fingerprint density at radius 1 is 1.19 bits per heavy atom. The van der Waals surface area contributed by atoms with Crippen LogP contribution in [0.5, 0.6) is 0 Å². The minimum absolute atomic E-state index is 0.306. The van der Waals surface area contributed by atoms with Gasteiger partial charge in [-0.2, -0.15) is 0 Å². The molecule has 27 heavy (non-hydrogen) atoms. The van der Waals surface area contributed by atoms with E-state index >= 15 is 0 Å². The molecule has 1 N–H and O–H groups in total. The Balaban J connectivity index is 2.01. The molecule has 6 nitrogen and oxygen atoms in total. The van der Waals surface area contributed by atoms with Crippen molar-refractivity contribution < 1.29 is 9.90 Å². The summed E-state index contributed by atoms with van der Waals surface area (Å²) >= 11 is 1.37. The van der Waals surface area contributed by atoms with Crippen LogP contribution in [-0.4, -0.2) is 25.6 Å². The number of nitrogens with zero attached hydrogens (tertiary/aromatic N) is 3. The highest BCUT2D eigenvalue weighted by Gasteiger charge is 2.19. The molecule has 0 saturated carbocycles. The lowest BCUT2D eigenvalue weighted by Gasteiger charge is -2.11. The van der Waals surface area contributed by atoms with Crippen LogP contribution >= 0.6 is 11.3 Å². The van der Waals surface area contributed by atoms with Gasteiger partial charge in [-0.25, -0.2) is 4.98 Å². The number of aliphatic carboxylic acids is 1. The van der Waals surface area contributed by atoms with Gasteiger partial charge in [0.1, 0.15) is 17.2 Å². The first kappa shape index (κ1) is 17.1. The summed E-state index contributed by atoms with van der Waals surface area (Å²) in [4.78, 5) is 33.8. The summed E-state index contributed by atoms with van der Waals surface area (Å²) in [5.74, 6) is -0.796. The van der Waals surface area contributed by atoms with Gasteiger partial charge in [0.15, 0.2) is 0 Å². The van der Waals surface area contributed by atoms with Crippen LogP contribution in [0.1, 0.15) is 5.56 Å². The van der Waals surface area contributed by atoms with Gasteiger partial charge in [0.2, 0.25) is 0 Å². The quantitative estimate of drug-likeness (QED) is 0.588. The van der Waals surface area contributed by atoms with Gasteiger partial charge in [0.05, 0.1) is 5.39 Å². The molecule has 0 aliphatic rings. The molecule has 0 spiro atoms. The fourth-order valence-electron chi connectivity index (χ4n) is 2.97. The summed E-state index contributed by atoms with van der Waals surface area (Å²) in [7, 11) is 0. The molecular weight excluding hydrogens is 362 g/mol. The second-order valence-electron chi connectivity index (χ2n) is 6.16. The molecule has 0 bridgehead atoms. The molecule has 4 aromatic rings. The number of carboxylic acid groups (broad SMARTS) is 1. The van der Waals surface area contributed by atoms with E-state index < -0.39 is 12.5 Å². The second-order valence-corrected chi connectivity index (χ2v) is 7.02. The molecule has 3 aromatic heterocycles. The normalized spacial score (nSPS) is 11.0. The zero-order valence-corrected chi connectivity index (χ0v) is 15.2. The Bertz CT molecular complexity index is 1200. The zero-order chi connectivity index (χ0) is 19.0. The lowest BCUT2D eigenvalue weighted by molar-refractivity contribution is -0.137. The van der Waals surface area contributed by atoms with Crippen LogP contribution in [-0.2, 0) is 11.3 Å². The Morgan fingerprint density at radius 2 is 1.96 bits per heavy atom. The molecule has 0 atom stereocenters. The van der Waals surface area contributed by atoms with Crippen molar-refractivity contribution in [3.63, 3.8) is 0 Å². The maximum Gasteiger partial charge on any atom is 0.323 e. The van der Waals surface area contributed by atoms with Crippen LogP contribution in [0.4, 0.5) is 0 Å². The molecule has 4 rings (SSSR count). The third kappa shape index (κ3) is 3.13. The Morgan fingerprint density at radius 3 is 2.63 bits per heavy atom. The monoisotopic (exact) mass is 377 g/mol. The number of carboxylic acids is 1. The number of pyridine rings is 1. The second kappa shape index (κ2) is 6.77. The van der Waals surface area contributed by atoms with E-state index in [1.807, 2.05) is 36.6 Å². The lowest BCUT2D eigenvalue weighted by atomic mass is 10.0. The van der Waals surface area contributed by atoms with Crippen molar-refractivity contribution in [2.45, 2.75) is 13.5 Å². The summed E-state index contributed by atoms with van der Waals surface area (Å²) in [6.45, 7) is 1.53. The molecule has 0 fully saturated rings. The van der Waals surface area contributed by atoms with Gasteiger partial charge in [-0.1, -0.05) is 29.8 Å². The largest absolute Gasteiger partial charge is 0.480 e. The predicted molar refractivity (Wildman–Crippen MR) is 105 cm³/mol. The number of aromatic nitrogens is 3. The molecule has 3 heterocycles. The van der Waals surface area contributed by atoms with E-state index in [2.05, 4.69) is 9.97 Å². The number of fused-ring (bicyclic) bond motifs is 1.